The van der Waals surface area contributed by atoms with Crippen LogP contribution < -0.4 is 4.74 Å². The molecule has 0 radical (unpaired) electrons. The van der Waals surface area contributed by atoms with E-state index in [1.165, 1.54) is 31.7 Å². The van der Waals surface area contributed by atoms with Gasteiger partial charge < -0.3 is 9.47 Å². The highest BCUT2D eigenvalue weighted by Crippen LogP contribution is 2.45. The molecular formula is C22H31FO3. The zero-order valence-electron chi connectivity index (χ0n) is 16.4. The molecule has 1 aromatic carbocycles. The van der Waals surface area contributed by atoms with Gasteiger partial charge in [-0.25, -0.2) is 9.18 Å². The van der Waals surface area contributed by atoms with Crippen LogP contribution in [-0.4, -0.2) is 18.2 Å². The van der Waals surface area contributed by atoms with Crippen molar-refractivity contribution in [2.45, 2.75) is 77.7 Å². The second-order valence-corrected chi connectivity index (χ2v) is 9.08. The van der Waals surface area contributed by atoms with Crippen LogP contribution >= 0.6 is 0 Å². The van der Waals surface area contributed by atoms with Gasteiger partial charge in [0.25, 0.3) is 0 Å². The number of esters is 1. The molecule has 2 saturated carbocycles. The number of hydrogen-bond acceptors (Lipinski definition) is 3. The van der Waals surface area contributed by atoms with E-state index in [1.807, 2.05) is 0 Å². The Morgan fingerprint density at radius 2 is 1.77 bits per heavy atom. The predicted octanol–water partition coefficient (Wildman–Crippen LogP) is 5.86. The molecule has 0 heterocycles. The van der Waals surface area contributed by atoms with Gasteiger partial charge in [0.15, 0.2) is 0 Å². The fourth-order valence-electron chi connectivity index (χ4n) is 3.60. The molecule has 0 saturated heterocycles. The molecule has 4 heteroatoms. The SMILES string of the molecule is CC(C)(C)OC(=O)c1cc(C2CC2)c(OC[C@H]2CC[C@H](C)CC2)cc1F. The van der Waals surface area contributed by atoms with Gasteiger partial charge in [0.1, 0.15) is 17.2 Å². The molecule has 2 aliphatic rings. The van der Waals surface area contributed by atoms with Gasteiger partial charge in [-0.1, -0.05) is 19.8 Å². The van der Waals surface area contributed by atoms with Crippen LogP contribution in [0.25, 0.3) is 0 Å². The molecule has 0 bridgehead atoms. The molecule has 0 atom stereocenters. The van der Waals surface area contributed by atoms with Gasteiger partial charge in [0.05, 0.1) is 12.2 Å². The zero-order chi connectivity index (χ0) is 18.9. The number of ether oxygens (including phenoxy) is 2. The Morgan fingerprint density at radius 1 is 1.12 bits per heavy atom. The lowest BCUT2D eigenvalue weighted by Gasteiger charge is -2.26. The van der Waals surface area contributed by atoms with Gasteiger partial charge in [-0.05, 0) is 75.8 Å². The largest absolute Gasteiger partial charge is 0.493 e. The molecule has 2 fully saturated rings. The predicted molar refractivity (Wildman–Crippen MR) is 100 cm³/mol. The van der Waals surface area contributed by atoms with Gasteiger partial charge >= 0.3 is 5.97 Å². The Kier molecular flexibility index (Phi) is 5.59. The third-order valence-corrected chi connectivity index (χ3v) is 5.35. The van der Waals surface area contributed by atoms with Crippen LogP contribution in [0.5, 0.6) is 5.75 Å². The minimum absolute atomic E-state index is 0.0145. The first-order chi connectivity index (χ1) is 12.2. The van der Waals surface area contributed by atoms with E-state index in [9.17, 15) is 9.18 Å². The second kappa shape index (κ2) is 7.58. The van der Waals surface area contributed by atoms with Crippen molar-refractivity contribution < 1.29 is 18.7 Å². The van der Waals surface area contributed by atoms with Gasteiger partial charge in [0.2, 0.25) is 0 Å². The van der Waals surface area contributed by atoms with E-state index < -0.39 is 17.4 Å². The Hall–Kier alpha value is -1.58. The Labute approximate surface area is 156 Å². The molecule has 0 unspecified atom stereocenters. The van der Waals surface area contributed by atoms with Crippen LogP contribution in [0.4, 0.5) is 4.39 Å². The number of hydrogen-bond donors (Lipinski definition) is 0. The van der Waals surface area contributed by atoms with Crippen molar-refractivity contribution >= 4 is 5.97 Å². The average molecular weight is 362 g/mol. The Balaban J connectivity index is 1.74. The lowest BCUT2D eigenvalue weighted by atomic mass is 9.83. The highest BCUT2D eigenvalue weighted by molar-refractivity contribution is 5.90. The van der Waals surface area contributed by atoms with Crippen molar-refractivity contribution in [3.05, 3.63) is 29.1 Å². The number of halogens is 1. The van der Waals surface area contributed by atoms with Crippen molar-refractivity contribution in [1.29, 1.82) is 0 Å². The smallest absolute Gasteiger partial charge is 0.341 e. The maximum atomic E-state index is 14.6. The first-order valence-corrected chi connectivity index (χ1v) is 9.92. The highest BCUT2D eigenvalue weighted by Gasteiger charge is 2.31. The normalized spacial score (nSPS) is 23.6. The zero-order valence-corrected chi connectivity index (χ0v) is 16.4. The van der Waals surface area contributed by atoms with Crippen molar-refractivity contribution in [3.63, 3.8) is 0 Å². The number of carbonyl (C=O) groups is 1. The summed E-state index contributed by atoms with van der Waals surface area (Å²) in [6.45, 7) is 8.29. The third-order valence-electron chi connectivity index (χ3n) is 5.35. The van der Waals surface area contributed by atoms with E-state index in [0.29, 0.717) is 24.2 Å². The molecular weight excluding hydrogens is 331 g/mol. The molecule has 2 aliphatic carbocycles. The van der Waals surface area contributed by atoms with Crippen molar-refractivity contribution in [3.8, 4) is 5.75 Å². The summed E-state index contributed by atoms with van der Waals surface area (Å²) in [5, 5.41) is 0. The molecule has 0 amide bonds. The van der Waals surface area contributed by atoms with E-state index >= 15 is 0 Å². The topological polar surface area (TPSA) is 35.5 Å². The maximum absolute atomic E-state index is 14.6. The molecule has 1 aromatic rings. The van der Waals surface area contributed by atoms with Crippen LogP contribution in [0.3, 0.4) is 0 Å². The quantitative estimate of drug-likeness (QED) is 0.615. The first kappa shape index (κ1) is 19.2. The first-order valence-electron chi connectivity index (χ1n) is 9.92. The summed E-state index contributed by atoms with van der Waals surface area (Å²) in [6.07, 6.45) is 6.98. The fraction of sp³-hybridized carbons (Fsp3) is 0.682. The molecule has 0 aliphatic heterocycles. The van der Waals surface area contributed by atoms with Gasteiger partial charge in [-0.2, -0.15) is 0 Å². The van der Waals surface area contributed by atoms with E-state index in [0.717, 1.165) is 24.3 Å². The summed E-state index contributed by atoms with van der Waals surface area (Å²) < 4.78 is 26.0. The average Bonchev–Trinajstić information content (AvgIpc) is 3.37. The lowest BCUT2D eigenvalue weighted by Crippen LogP contribution is -2.24. The molecule has 3 nitrogen and oxygen atoms in total. The summed E-state index contributed by atoms with van der Waals surface area (Å²) >= 11 is 0. The van der Waals surface area contributed by atoms with Crippen LogP contribution in [0.1, 0.15) is 88.1 Å². The van der Waals surface area contributed by atoms with E-state index in [2.05, 4.69) is 6.92 Å². The molecule has 3 rings (SSSR count). The molecule has 0 aromatic heterocycles. The van der Waals surface area contributed by atoms with Crippen LogP contribution in [0.2, 0.25) is 0 Å². The van der Waals surface area contributed by atoms with Crippen LogP contribution in [0.15, 0.2) is 12.1 Å². The lowest BCUT2D eigenvalue weighted by molar-refractivity contribution is 0.00645. The number of rotatable bonds is 5. The summed E-state index contributed by atoms with van der Waals surface area (Å²) in [5.41, 5.74) is 0.327. The van der Waals surface area contributed by atoms with Crippen molar-refractivity contribution in [1.82, 2.24) is 0 Å². The Morgan fingerprint density at radius 3 is 2.35 bits per heavy atom. The number of carbonyl (C=O) groups excluding carboxylic acids is 1. The van der Waals surface area contributed by atoms with Gasteiger partial charge in [-0.15, -0.1) is 0 Å². The van der Waals surface area contributed by atoms with E-state index in [-0.39, 0.29) is 5.56 Å². The maximum Gasteiger partial charge on any atom is 0.341 e. The van der Waals surface area contributed by atoms with Crippen molar-refractivity contribution in [2.75, 3.05) is 6.61 Å². The monoisotopic (exact) mass is 362 g/mol. The van der Waals surface area contributed by atoms with Crippen LogP contribution in [-0.2, 0) is 4.74 Å². The van der Waals surface area contributed by atoms with E-state index in [4.69, 9.17) is 9.47 Å². The molecule has 0 N–H and O–H groups in total. The fourth-order valence-corrected chi connectivity index (χ4v) is 3.60. The Bertz CT molecular complexity index is 650. The van der Waals surface area contributed by atoms with Crippen LogP contribution in [0, 0.1) is 17.7 Å². The van der Waals surface area contributed by atoms with E-state index in [1.54, 1.807) is 26.8 Å². The molecule has 0 spiro atoms. The summed E-state index contributed by atoms with van der Waals surface area (Å²) in [6, 6.07) is 3.04. The summed E-state index contributed by atoms with van der Waals surface area (Å²) in [4.78, 5) is 12.3. The minimum Gasteiger partial charge on any atom is -0.493 e. The third kappa shape index (κ3) is 4.99. The summed E-state index contributed by atoms with van der Waals surface area (Å²) in [5.74, 6) is 1.17. The molecule has 26 heavy (non-hydrogen) atoms. The van der Waals surface area contributed by atoms with Crippen molar-refractivity contribution in [2.24, 2.45) is 11.8 Å². The van der Waals surface area contributed by atoms with Gasteiger partial charge in [0, 0.05) is 6.07 Å². The summed E-state index contributed by atoms with van der Waals surface area (Å²) in [7, 11) is 0. The standard InChI is InChI=1S/C22H31FO3/c1-14-5-7-15(8-6-14)13-25-20-12-19(23)18(11-17(20)16-9-10-16)21(24)26-22(2,3)4/h11-12,14-16H,5-10,13H2,1-4H3/t14-,15-. The van der Waals surface area contributed by atoms with Gasteiger partial charge in [-0.3, -0.25) is 0 Å². The number of benzene rings is 1. The molecule has 144 valence electrons. The highest BCUT2D eigenvalue weighted by atomic mass is 19.1. The minimum atomic E-state index is -0.642. The second-order valence-electron chi connectivity index (χ2n) is 9.08.